The zero-order chi connectivity index (χ0) is 24.0. The molecule has 1 atom stereocenters. The maximum absolute atomic E-state index is 12.4. The number of halogens is 3. The first-order chi connectivity index (χ1) is 15.6. The molecule has 0 unspecified atom stereocenters. The van der Waals surface area contributed by atoms with Gasteiger partial charge in [0, 0.05) is 12.4 Å². The average Bonchev–Trinajstić information content (AvgIpc) is 2.73. The van der Waals surface area contributed by atoms with Crippen molar-refractivity contribution in [2.24, 2.45) is 0 Å². The van der Waals surface area contributed by atoms with Gasteiger partial charge in [-0.15, -0.1) is 0 Å². The maximum Gasteiger partial charge on any atom is 0.547 e. The molecular formula is C20H18BF3N2O7. The highest BCUT2D eigenvalue weighted by atomic mass is 19.4. The molecule has 1 aromatic carbocycles. The third-order valence-corrected chi connectivity index (χ3v) is 4.53. The smallest absolute Gasteiger partial charge is 0.534 e. The van der Waals surface area contributed by atoms with Crippen LogP contribution in [-0.4, -0.2) is 53.9 Å². The molecule has 1 aliphatic rings. The second-order valence-corrected chi connectivity index (χ2v) is 7.08. The number of nitrogens with zero attached hydrogens (tertiary/aromatic N) is 1. The number of esters is 2. The van der Waals surface area contributed by atoms with E-state index in [-0.39, 0.29) is 24.2 Å². The lowest BCUT2D eigenvalue weighted by molar-refractivity contribution is -0.154. The largest absolute Gasteiger partial charge is 0.547 e. The molecule has 1 amide bonds. The molecule has 1 aromatic heterocycles. The highest BCUT2D eigenvalue weighted by molar-refractivity contribution is 6.47. The molecule has 33 heavy (non-hydrogen) atoms. The lowest BCUT2D eigenvalue weighted by Crippen LogP contribution is -2.53. The lowest BCUT2D eigenvalue weighted by atomic mass is 9.72. The van der Waals surface area contributed by atoms with Gasteiger partial charge in [0.15, 0.2) is 0 Å². The summed E-state index contributed by atoms with van der Waals surface area (Å²) < 4.78 is 52.1. The number of carbonyl (C=O) groups is 3. The normalized spacial score (nSPS) is 15.2. The van der Waals surface area contributed by atoms with Crippen LogP contribution in [0, 0.1) is 0 Å². The van der Waals surface area contributed by atoms with Crippen molar-refractivity contribution in [3.63, 3.8) is 0 Å². The van der Waals surface area contributed by atoms with Gasteiger partial charge in [-0.2, -0.15) is 13.2 Å². The second-order valence-electron chi connectivity index (χ2n) is 7.08. The maximum atomic E-state index is 12.4. The highest BCUT2D eigenvalue weighted by Gasteiger charge is 2.40. The van der Waals surface area contributed by atoms with Gasteiger partial charge in [0.25, 0.3) is 0 Å². The Labute approximate surface area is 186 Å². The fraction of sp³-hybridized carbons (Fsp3) is 0.300. The second kappa shape index (κ2) is 10.3. The third kappa shape index (κ3) is 6.94. The van der Waals surface area contributed by atoms with E-state index in [1.165, 1.54) is 24.4 Å². The molecule has 0 fully saturated rings. The van der Waals surface area contributed by atoms with Crippen LogP contribution >= 0.6 is 0 Å². The van der Waals surface area contributed by atoms with E-state index in [9.17, 15) is 32.6 Å². The van der Waals surface area contributed by atoms with Gasteiger partial charge in [-0.25, -0.2) is 4.79 Å². The summed E-state index contributed by atoms with van der Waals surface area (Å²) in [6.07, 6.45) is -3.50. The summed E-state index contributed by atoms with van der Waals surface area (Å²) in [6, 6.07) is 7.67. The molecule has 174 valence electrons. The fourth-order valence-corrected chi connectivity index (χ4v) is 3.10. The van der Waals surface area contributed by atoms with Crippen LogP contribution in [0.15, 0.2) is 42.7 Å². The standard InChI is InChI=1S/C20H18BF3N2O7/c22-20(23,24)9-16(27)26-15-8-13-4-1-5-14(18(13)33-21(15)30)19(29)32-11-31-17(28)7-12-3-2-6-25-10-12/h1-6,10,15,30H,7-9,11H2,(H,26,27)/t15-/m0/s1. The van der Waals surface area contributed by atoms with Crippen LogP contribution in [-0.2, 0) is 31.9 Å². The topological polar surface area (TPSA) is 124 Å². The predicted molar refractivity (Wildman–Crippen MR) is 106 cm³/mol. The quantitative estimate of drug-likeness (QED) is 0.357. The highest BCUT2D eigenvalue weighted by Crippen LogP contribution is 2.31. The van der Waals surface area contributed by atoms with E-state index in [4.69, 9.17) is 14.1 Å². The summed E-state index contributed by atoms with van der Waals surface area (Å²) in [7, 11) is -1.69. The Morgan fingerprint density at radius 2 is 2.00 bits per heavy atom. The minimum Gasteiger partial charge on any atom is -0.534 e. The predicted octanol–water partition coefficient (Wildman–Crippen LogP) is 1.37. The van der Waals surface area contributed by atoms with Crippen LogP contribution in [0.4, 0.5) is 13.2 Å². The number of aromatic nitrogens is 1. The van der Waals surface area contributed by atoms with Gasteiger partial charge in [-0.1, -0.05) is 18.2 Å². The number of carbonyl (C=O) groups excluding carboxylic acids is 3. The van der Waals surface area contributed by atoms with Gasteiger partial charge in [-0.3, -0.25) is 14.6 Å². The minimum atomic E-state index is -4.69. The summed E-state index contributed by atoms with van der Waals surface area (Å²) >= 11 is 0. The van der Waals surface area contributed by atoms with Crippen LogP contribution in [0.2, 0.25) is 0 Å². The first kappa shape index (κ1) is 24.0. The van der Waals surface area contributed by atoms with Crippen molar-refractivity contribution in [2.75, 3.05) is 6.79 Å². The Balaban J connectivity index is 1.57. The number of fused-ring (bicyclic) bond motifs is 1. The van der Waals surface area contributed by atoms with Gasteiger partial charge >= 0.3 is 25.2 Å². The molecule has 13 heteroatoms. The summed E-state index contributed by atoms with van der Waals surface area (Å²) in [5.41, 5.74) is 0.890. The van der Waals surface area contributed by atoms with Crippen molar-refractivity contribution in [1.29, 1.82) is 0 Å². The summed E-state index contributed by atoms with van der Waals surface area (Å²) in [4.78, 5) is 39.6. The molecule has 0 bridgehead atoms. The Morgan fingerprint density at radius 3 is 2.70 bits per heavy atom. The van der Waals surface area contributed by atoms with E-state index < -0.39 is 50.3 Å². The summed E-state index contributed by atoms with van der Waals surface area (Å²) in [6.45, 7) is -0.666. The van der Waals surface area contributed by atoms with E-state index in [0.717, 1.165) is 0 Å². The van der Waals surface area contributed by atoms with Crippen LogP contribution in [0.5, 0.6) is 5.75 Å². The first-order valence-corrected chi connectivity index (χ1v) is 9.67. The van der Waals surface area contributed by atoms with Crippen LogP contribution in [0.1, 0.15) is 27.9 Å². The van der Waals surface area contributed by atoms with Crippen molar-refractivity contribution in [3.8, 4) is 5.75 Å². The van der Waals surface area contributed by atoms with Gasteiger partial charge in [-0.05, 0) is 29.7 Å². The first-order valence-electron chi connectivity index (χ1n) is 9.67. The molecular weight excluding hydrogens is 448 g/mol. The van der Waals surface area contributed by atoms with Crippen LogP contribution in [0.3, 0.4) is 0 Å². The van der Waals surface area contributed by atoms with E-state index >= 15 is 0 Å². The SMILES string of the molecule is O=C(CC(F)(F)F)N[C@H]1Cc2cccc(C(=O)OCOC(=O)Cc3cccnc3)c2OB1O. The number of benzene rings is 1. The number of nitrogens with one attached hydrogen (secondary N) is 1. The van der Waals surface area contributed by atoms with E-state index in [1.807, 2.05) is 0 Å². The minimum absolute atomic E-state index is 0.0435. The number of alkyl halides is 3. The van der Waals surface area contributed by atoms with Crippen molar-refractivity contribution < 1.29 is 46.7 Å². The Hall–Kier alpha value is -3.61. The van der Waals surface area contributed by atoms with Gasteiger partial charge in [0.05, 0.1) is 12.4 Å². The van der Waals surface area contributed by atoms with E-state index in [1.54, 1.807) is 18.3 Å². The monoisotopic (exact) mass is 466 g/mol. The van der Waals surface area contributed by atoms with Crippen molar-refractivity contribution in [2.45, 2.75) is 31.4 Å². The number of ether oxygens (including phenoxy) is 2. The van der Waals surface area contributed by atoms with Crippen molar-refractivity contribution in [1.82, 2.24) is 10.3 Å². The average molecular weight is 466 g/mol. The van der Waals surface area contributed by atoms with E-state index in [2.05, 4.69) is 10.3 Å². The van der Waals surface area contributed by atoms with Crippen molar-refractivity contribution >= 4 is 25.0 Å². The molecule has 3 rings (SSSR count). The fourth-order valence-electron chi connectivity index (χ4n) is 3.10. The Bertz CT molecular complexity index is 1020. The number of amides is 1. The third-order valence-electron chi connectivity index (χ3n) is 4.53. The summed E-state index contributed by atoms with van der Waals surface area (Å²) in [5, 5.41) is 12.2. The van der Waals surface area contributed by atoms with Gasteiger partial charge in [0.1, 0.15) is 17.7 Å². The molecule has 0 saturated heterocycles. The summed E-state index contributed by atoms with van der Waals surface area (Å²) in [5.74, 6) is -4.06. The number of hydrogen-bond donors (Lipinski definition) is 2. The number of pyridine rings is 1. The molecule has 0 spiro atoms. The van der Waals surface area contributed by atoms with E-state index in [0.29, 0.717) is 11.1 Å². The van der Waals surface area contributed by atoms with Gasteiger partial charge < -0.3 is 24.5 Å². The van der Waals surface area contributed by atoms with Crippen LogP contribution < -0.4 is 9.97 Å². The Morgan fingerprint density at radius 1 is 1.21 bits per heavy atom. The molecule has 0 saturated carbocycles. The molecule has 2 heterocycles. The van der Waals surface area contributed by atoms with Crippen molar-refractivity contribution in [3.05, 3.63) is 59.4 Å². The molecule has 0 aliphatic carbocycles. The van der Waals surface area contributed by atoms with Gasteiger partial charge in [0.2, 0.25) is 12.7 Å². The zero-order valence-corrected chi connectivity index (χ0v) is 17.0. The molecule has 2 N–H and O–H groups in total. The van der Waals surface area contributed by atoms with Crippen LogP contribution in [0.25, 0.3) is 0 Å². The molecule has 2 aromatic rings. The number of hydrogen-bond acceptors (Lipinski definition) is 8. The zero-order valence-electron chi connectivity index (χ0n) is 17.0. The molecule has 1 aliphatic heterocycles. The number of para-hydroxylation sites is 1. The Kier molecular flexibility index (Phi) is 7.54. The number of rotatable bonds is 7. The molecule has 9 nitrogen and oxygen atoms in total. The lowest BCUT2D eigenvalue weighted by Gasteiger charge is -2.29. The molecule has 0 radical (unpaired) electrons.